The van der Waals surface area contributed by atoms with Crippen LogP contribution >= 0.6 is 0 Å². The molecule has 0 aromatic heterocycles. The Morgan fingerprint density at radius 2 is 1.88 bits per heavy atom. The average Bonchev–Trinajstić information content (AvgIpc) is 2.59. The molecule has 0 atom stereocenters. The molecule has 0 aliphatic rings. The molecule has 2 aromatic carbocycles. The molecule has 0 aliphatic carbocycles. The van der Waals surface area contributed by atoms with Crippen LogP contribution < -0.4 is 21.1 Å². The third-order valence-electron chi connectivity index (χ3n) is 3.74. The SMILES string of the molecule is CC(C)(CNC(=O)Nc1cccc(OCc2cccc(F)c2)c1)C(N)=O. The Hall–Kier alpha value is -3.09. The number of halogens is 1. The molecule has 2 aromatic rings. The fourth-order valence-corrected chi connectivity index (χ4v) is 2.02. The van der Waals surface area contributed by atoms with Crippen molar-refractivity contribution in [3.63, 3.8) is 0 Å². The minimum Gasteiger partial charge on any atom is -0.489 e. The van der Waals surface area contributed by atoms with E-state index in [4.69, 9.17) is 10.5 Å². The van der Waals surface area contributed by atoms with E-state index in [1.165, 1.54) is 12.1 Å². The number of benzene rings is 2. The van der Waals surface area contributed by atoms with Crippen LogP contribution in [0.1, 0.15) is 19.4 Å². The summed E-state index contributed by atoms with van der Waals surface area (Å²) >= 11 is 0. The molecular weight excluding hydrogens is 337 g/mol. The van der Waals surface area contributed by atoms with E-state index in [-0.39, 0.29) is 19.0 Å². The third kappa shape index (κ3) is 5.77. The minimum absolute atomic E-state index is 0.115. The van der Waals surface area contributed by atoms with E-state index in [0.717, 1.165) is 0 Å². The fraction of sp³-hybridized carbons (Fsp3) is 0.263. The molecule has 0 bridgehead atoms. The van der Waals surface area contributed by atoms with Crippen molar-refractivity contribution in [2.24, 2.45) is 11.1 Å². The van der Waals surface area contributed by atoms with E-state index in [1.807, 2.05) is 0 Å². The smallest absolute Gasteiger partial charge is 0.319 e. The maximum Gasteiger partial charge on any atom is 0.319 e. The molecule has 2 rings (SSSR count). The highest BCUT2D eigenvalue weighted by Gasteiger charge is 2.25. The summed E-state index contributed by atoms with van der Waals surface area (Å²) in [5.41, 5.74) is 5.66. The summed E-state index contributed by atoms with van der Waals surface area (Å²) in [6.07, 6.45) is 0. The van der Waals surface area contributed by atoms with E-state index in [0.29, 0.717) is 17.0 Å². The maximum atomic E-state index is 13.2. The topological polar surface area (TPSA) is 93.4 Å². The first-order valence-corrected chi connectivity index (χ1v) is 8.08. The van der Waals surface area contributed by atoms with E-state index in [2.05, 4.69) is 10.6 Å². The number of nitrogens with two attached hydrogens (primary N) is 1. The zero-order chi connectivity index (χ0) is 19.2. The van der Waals surface area contributed by atoms with Gasteiger partial charge in [-0.15, -0.1) is 0 Å². The van der Waals surface area contributed by atoms with Crippen molar-refractivity contribution in [1.82, 2.24) is 5.32 Å². The van der Waals surface area contributed by atoms with Crippen LogP contribution in [0, 0.1) is 11.2 Å². The Balaban J connectivity index is 1.90. The molecule has 0 saturated heterocycles. The number of hydrogen-bond donors (Lipinski definition) is 3. The van der Waals surface area contributed by atoms with Gasteiger partial charge >= 0.3 is 6.03 Å². The van der Waals surface area contributed by atoms with Gasteiger partial charge < -0.3 is 21.1 Å². The van der Waals surface area contributed by atoms with Gasteiger partial charge in [-0.3, -0.25) is 4.79 Å². The van der Waals surface area contributed by atoms with Gasteiger partial charge in [0.1, 0.15) is 18.2 Å². The number of amides is 3. The summed E-state index contributed by atoms with van der Waals surface area (Å²) in [4.78, 5) is 23.2. The summed E-state index contributed by atoms with van der Waals surface area (Å²) in [6.45, 7) is 3.62. The third-order valence-corrected chi connectivity index (χ3v) is 3.74. The van der Waals surface area contributed by atoms with Gasteiger partial charge in [-0.2, -0.15) is 0 Å². The second-order valence-corrected chi connectivity index (χ2v) is 6.50. The summed E-state index contributed by atoms with van der Waals surface area (Å²) in [5.74, 6) is -0.285. The molecule has 3 amide bonds. The fourth-order valence-electron chi connectivity index (χ4n) is 2.02. The zero-order valence-corrected chi connectivity index (χ0v) is 14.7. The van der Waals surface area contributed by atoms with E-state index >= 15 is 0 Å². The zero-order valence-electron chi connectivity index (χ0n) is 14.7. The molecule has 26 heavy (non-hydrogen) atoms. The van der Waals surface area contributed by atoms with E-state index < -0.39 is 17.4 Å². The van der Waals surface area contributed by atoms with Crippen LogP contribution in [-0.4, -0.2) is 18.5 Å². The van der Waals surface area contributed by atoms with Gasteiger partial charge in [0.2, 0.25) is 5.91 Å². The lowest BCUT2D eigenvalue weighted by Gasteiger charge is -2.20. The Kier molecular flexibility index (Phi) is 6.16. The molecule has 0 unspecified atom stereocenters. The molecule has 4 N–H and O–H groups in total. The van der Waals surface area contributed by atoms with Crippen molar-refractivity contribution in [2.45, 2.75) is 20.5 Å². The van der Waals surface area contributed by atoms with Gasteiger partial charge in [0.25, 0.3) is 0 Å². The van der Waals surface area contributed by atoms with Crippen molar-refractivity contribution in [3.05, 3.63) is 59.9 Å². The van der Waals surface area contributed by atoms with Crippen molar-refractivity contribution >= 4 is 17.6 Å². The van der Waals surface area contributed by atoms with Crippen molar-refractivity contribution in [1.29, 1.82) is 0 Å². The molecule has 0 fully saturated rings. The van der Waals surface area contributed by atoms with Gasteiger partial charge in [0, 0.05) is 18.3 Å². The van der Waals surface area contributed by atoms with E-state index in [1.54, 1.807) is 50.2 Å². The van der Waals surface area contributed by atoms with Crippen molar-refractivity contribution in [3.8, 4) is 5.75 Å². The van der Waals surface area contributed by atoms with Gasteiger partial charge in [0.05, 0.1) is 5.41 Å². The first-order valence-electron chi connectivity index (χ1n) is 8.08. The summed E-state index contributed by atoms with van der Waals surface area (Å²) in [7, 11) is 0. The number of urea groups is 1. The van der Waals surface area contributed by atoms with Crippen LogP contribution in [0.2, 0.25) is 0 Å². The van der Waals surface area contributed by atoms with Crippen LogP contribution in [0.4, 0.5) is 14.9 Å². The van der Waals surface area contributed by atoms with Crippen LogP contribution in [0.5, 0.6) is 5.75 Å². The summed E-state index contributed by atoms with van der Waals surface area (Å²) in [6, 6.07) is 12.5. The highest BCUT2D eigenvalue weighted by Crippen LogP contribution is 2.19. The largest absolute Gasteiger partial charge is 0.489 e. The van der Waals surface area contributed by atoms with Gasteiger partial charge in [-0.25, -0.2) is 9.18 Å². The predicted molar refractivity (Wildman–Crippen MR) is 97.2 cm³/mol. The molecule has 7 heteroatoms. The van der Waals surface area contributed by atoms with Gasteiger partial charge in [-0.05, 0) is 43.7 Å². The molecule has 0 heterocycles. The number of nitrogens with one attached hydrogen (secondary N) is 2. The number of hydrogen-bond acceptors (Lipinski definition) is 3. The summed E-state index contributed by atoms with van der Waals surface area (Å²) < 4.78 is 18.8. The highest BCUT2D eigenvalue weighted by molar-refractivity contribution is 5.90. The van der Waals surface area contributed by atoms with Crippen LogP contribution in [0.15, 0.2) is 48.5 Å². The Labute approximate surface area is 151 Å². The van der Waals surface area contributed by atoms with Crippen molar-refractivity contribution in [2.75, 3.05) is 11.9 Å². The van der Waals surface area contributed by atoms with Crippen LogP contribution in [0.3, 0.4) is 0 Å². The first kappa shape index (κ1) is 19.2. The molecule has 0 spiro atoms. The molecule has 0 saturated carbocycles. The second-order valence-electron chi connectivity index (χ2n) is 6.50. The average molecular weight is 359 g/mol. The maximum absolute atomic E-state index is 13.2. The lowest BCUT2D eigenvalue weighted by atomic mass is 9.93. The number of carbonyl (C=O) groups is 2. The second kappa shape index (κ2) is 8.33. The van der Waals surface area contributed by atoms with Crippen molar-refractivity contribution < 1.29 is 18.7 Å². The molecule has 0 radical (unpaired) electrons. The molecular formula is C19H22FN3O3. The normalized spacial score (nSPS) is 10.9. The standard InChI is InChI=1S/C19H22FN3O3/c1-19(2,17(21)24)12-22-18(25)23-15-7-4-8-16(10-15)26-11-13-5-3-6-14(20)9-13/h3-10H,11-12H2,1-2H3,(H2,21,24)(H2,22,23,25). The number of primary amides is 1. The monoisotopic (exact) mass is 359 g/mol. The summed E-state index contributed by atoms with van der Waals surface area (Å²) in [5, 5.41) is 5.26. The van der Waals surface area contributed by atoms with Gasteiger partial charge in [-0.1, -0.05) is 18.2 Å². The van der Waals surface area contributed by atoms with Crippen LogP contribution in [-0.2, 0) is 11.4 Å². The number of anilines is 1. The quantitative estimate of drug-likeness (QED) is 0.709. The lowest BCUT2D eigenvalue weighted by Crippen LogP contribution is -2.43. The Morgan fingerprint density at radius 3 is 2.58 bits per heavy atom. The van der Waals surface area contributed by atoms with Gasteiger partial charge in [0.15, 0.2) is 0 Å². The minimum atomic E-state index is -0.840. The van der Waals surface area contributed by atoms with E-state index in [9.17, 15) is 14.0 Å². The molecule has 0 aliphatic heterocycles. The highest BCUT2D eigenvalue weighted by atomic mass is 19.1. The number of ether oxygens (including phenoxy) is 1. The Morgan fingerprint density at radius 1 is 1.15 bits per heavy atom. The predicted octanol–water partition coefficient (Wildman–Crippen LogP) is 3.04. The number of rotatable bonds is 7. The molecule has 138 valence electrons. The number of carbonyl (C=O) groups excluding carboxylic acids is 2. The first-order chi connectivity index (χ1) is 12.3. The Bertz CT molecular complexity index is 793. The van der Waals surface area contributed by atoms with Crippen LogP contribution in [0.25, 0.3) is 0 Å². The lowest BCUT2D eigenvalue weighted by molar-refractivity contribution is -0.125. The molecule has 6 nitrogen and oxygen atoms in total.